The van der Waals surface area contributed by atoms with E-state index in [-0.39, 0.29) is 5.82 Å². The molecule has 0 aliphatic heterocycles. The molecule has 2 rings (SSSR count). The number of benzene rings is 2. The summed E-state index contributed by atoms with van der Waals surface area (Å²) in [5.41, 5.74) is 8.00. The van der Waals surface area contributed by atoms with Crippen LogP contribution in [0.15, 0.2) is 36.4 Å². The summed E-state index contributed by atoms with van der Waals surface area (Å²) in [6, 6.07) is 9.92. The zero-order chi connectivity index (χ0) is 13.1. The number of rotatable bonds is 3. The Labute approximate surface area is 118 Å². The van der Waals surface area contributed by atoms with Crippen LogP contribution in [-0.4, -0.2) is 7.11 Å². The summed E-state index contributed by atoms with van der Waals surface area (Å²) in [5, 5.41) is 3.18. The predicted octanol–water partition coefficient (Wildman–Crippen LogP) is 3.76. The summed E-state index contributed by atoms with van der Waals surface area (Å²) in [6.45, 7) is 0. The number of nitrogens with one attached hydrogen (secondary N) is 1. The van der Waals surface area contributed by atoms with Crippen LogP contribution < -0.4 is 15.8 Å². The Morgan fingerprint density at radius 2 is 2.00 bits per heavy atom. The SMILES string of the molecule is COc1cc(N)cc(Nc2ccc(F)cc2I)c1. The average Bonchev–Trinajstić information content (AvgIpc) is 2.32. The lowest BCUT2D eigenvalue weighted by Gasteiger charge is -2.11. The Bertz CT molecular complexity index is 575. The van der Waals surface area contributed by atoms with Crippen LogP contribution in [-0.2, 0) is 0 Å². The first-order chi connectivity index (χ1) is 8.58. The number of nitrogens with two attached hydrogens (primary N) is 1. The van der Waals surface area contributed by atoms with Crippen LogP contribution in [0.4, 0.5) is 21.5 Å². The summed E-state index contributed by atoms with van der Waals surface area (Å²) in [5.74, 6) is 0.421. The van der Waals surface area contributed by atoms with E-state index in [1.54, 1.807) is 25.3 Å². The Kier molecular flexibility index (Phi) is 3.90. The molecule has 0 saturated carbocycles. The molecular formula is C13H12FIN2O. The average molecular weight is 358 g/mol. The van der Waals surface area contributed by atoms with Crippen LogP contribution >= 0.6 is 22.6 Å². The van der Waals surface area contributed by atoms with Gasteiger partial charge in [-0.2, -0.15) is 0 Å². The number of ether oxygens (including phenoxy) is 1. The van der Waals surface area contributed by atoms with Gasteiger partial charge in [0.25, 0.3) is 0 Å². The number of hydrogen-bond acceptors (Lipinski definition) is 3. The minimum atomic E-state index is -0.255. The summed E-state index contributed by atoms with van der Waals surface area (Å²) < 4.78 is 18.9. The molecular weight excluding hydrogens is 346 g/mol. The second-order valence-electron chi connectivity index (χ2n) is 3.74. The highest BCUT2D eigenvalue weighted by Gasteiger charge is 2.04. The first-order valence-corrected chi connectivity index (χ1v) is 6.33. The number of methoxy groups -OCH3 is 1. The molecule has 18 heavy (non-hydrogen) atoms. The van der Waals surface area contributed by atoms with Gasteiger partial charge in [0.1, 0.15) is 11.6 Å². The quantitative estimate of drug-likeness (QED) is 0.649. The maximum Gasteiger partial charge on any atom is 0.124 e. The van der Waals surface area contributed by atoms with Gasteiger partial charge in [0, 0.05) is 27.1 Å². The van der Waals surface area contributed by atoms with E-state index < -0.39 is 0 Å². The van der Waals surface area contributed by atoms with Crippen LogP contribution in [0.3, 0.4) is 0 Å². The van der Waals surface area contributed by atoms with Crippen LogP contribution in [0.25, 0.3) is 0 Å². The molecule has 0 aromatic heterocycles. The van der Waals surface area contributed by atoms with E-state index in [1.165, 1.54) is 12.1 Å². The van der Waals surface area contributed by atoms with Gasteiger partial charge < -0.3 is 15.8 Å². The fraction of sp³-hybridized carbons (Fsp3) is 0.0769. The van der Waals surface area contributed by atoms with Crippen LogP contribution in [0.5, 0.6) is 5.75 Å². The molecule has 0 unspecified atom stereocenters. The van der Waals surface area contributed by atoms with Crippen molar-refractivity contribution in [1.82, 2.24) is 0 Å². The molecule has 5 heteroatoms. The fourth-order valence-corrected chi connectivity index (χ4v) is 2.17. The van der Waals surface area contributed by atoms with E-state index in [4.69, 9.17) is 10.5 Å². The molecule has 3 nitrogen and oxygen atoms in total. The van der Waals surface area contributed by atoms with Crippen molar-refractivity contribution >= 4 is 39.7 Å². The number of halogens is 2. The normalized spacial score (nSPS) is 10.2. The lowest BCUT2D eigenvalue weighted by atomic mass is 10.2. The van der Waals surface area contributed by atoms with Crippen LogP contribution in [0, 0.1) is 9.39 Å². The third-order valence-electron chi connectivity index (χ3n) is 2.37. The number of hydrogen-bond donors (Lipinski definition) is 2. The topological polar surface area (TPSA) is 47.3 Å². The van der Waals surface area contributed by atoms with Gasteiger partial charge in [-0.15, -0.1) is 0 Å². The van der Waals surface area contributed by atoms with Crippen molar-refractivity contribution in [2.45, 2.75) is 0 Å². The molecule has 0 heterocycles. The first kappa shape index (κ1) is 12.9. The summed E-state index contributed by atoms with van der Waals surface area (Å²) >= 11 is 2.07. The van der Waals surface area contributed by atoms with Crippen molar-refractivity contribution in [3.63, 3.8) is 0 Å². The standard InChI is InChI=1S/C13H12FIN2O/c1-18-11-6-9(16)5-10(7-11)17-13-3-2-8(14)4-12(13)15/h2-7,17H,16H2,1H3. The third-order valence-corrected chi connectivity index (χ3v) is 3.27. The van der Waals surface area contributed by atoms with Gasteiger partial charge in [-0.1, -0.05) is 0 Å². The lowest BCUT2D eigenvalue weighted by molar-refractivity contribution is 0.415. The summed E-state index contributed by atoms with van der Waals surface area (Å²) in [7, 11) is 1.58. The Morgan fingerprint density at radius 3 is 2.67 bits per heavy atom. The monoisotopic (exact) mass is 358 g/mol. The Morgan fingerprint density at radius 1 is 1.22 bits per heavy atom. The van der Waals surface area contributed by atoms with Crippen LogP contribution in [0.1, 0.15) is 0 Å². The van der Waals surface area contributed by atoms with Crippen molar-refractivity contribution in [3.8, 4) is 5.75 Å². The van der Waals surface area contributed by atoms with Gasteiger partial charge in [0.05, 0.1) is 12.8 Å². The lowest BCUT2D eigenvalue weighted by Crippen LogP contribution is -1.96. The van der Waals surface area contributed by atoms with Crippen molar-refractivity contribution < 1.29 is 9.13 Å². The minimum absolute atomic E-state index is 0.255. The molecule has 0 aliphatic rings. The highest BCUT2D eigenvalue weighted by molar-refractivity contribution is 14.1. The largest absolute Gasteiger partial charge is 0.497 e. The molecule has 2 aromatic rings. The highest BCUT2D eigenvalue weighted by atomic mass is 127. The maximum absolute atomic E-state index is 13.0. The van der Waals surface area contributed by atoms with Crippen molar-refractivity contribution in [1.29, 1.82) is 0 Å². The summed E-state index contributed by atoms with van der Waals surface area (Å²) in [4.78, 5) is 0. The Hall–Kier alpha value is -1.50. The van der Waals surface area contributed by atoms with Gasteiger partial charge in [0.2, 0.25) is 0 Å². The van der Waals surface area contributed by atoms with E-state index in [9.17, 15) is 4.39 Å². The van der Waals surface area contributed by atoms with Gasteiger partial charge in [-0.3, -0.25) is 0 Å². The van der Waals surface area contributed by atoms with Gasteiger partial charge in [-0.25, -0.2) is 4.39 Å². The molecule has 2 aromatic carbocycles. The Balaban J connectivity index is 2.30. The van der Waals surface area contributed by atoms with Crippen molar-refractivity contribution in [3.05, 3.63) is 45.8 Å². The summed E-state index contributed by atoms with van der Waals surface area (Å²) in [6.07, 6.45) is 0. The maximum atomic E-state index is 13.0. The van der Waals surface area contributed by atoms with Gasteiger partial charge in [0.15, 0.2) is 0 Å². The van der Waals surface area contributed by atoms with E-state index in [1.807, 2.05) is 6.07 Å². The molecule has 0 amide bonds. The number of nitrogen functional groups attached to an aromatic ring is 1. The molecule has 0 atom stereocenters. The molecule has 3 N–H and O–H groups in total. The van der Waals surface area contributed by atoms with Gasteiger partial charge in [-0.05, 0) is 46.9 Å². The van der Waals surface area contributed by atoms with Crippen molar-refractivity contribution in [2.75, 3.05) is 18.2 Å². The van der Waals surface area contributed by atoms with Crippen LogP contribution in [0.2, 0.25) is 0 Å². The molecule has 94 valence electrons. The first-order valence-electron chi connectivity index (χ1n) is 5.25. The molecule has 0 radical (unpaired) electrons. The smallest absolute Gasteiger partial charge is 0.124 e. The fourth-order valence-electron chi connectivity index (χ4n) is 1.56. The van der Waals surface area contributed by atoms with E-state index >= 15 is 0 Å². The van der Waals surface area contributed by atoms with E-state index in [0.717, 1.165) is 14.9 Å². The highest BCUT2D eigenvalue weighted by Crippen LogP contribution is 2.27. The zero-order valence-electron chi connectivity index (χ0n) is 9.71. The zero-order valence-corrected chi connectivity index (χ0v) is 11.9. The second-order valence-corrected chi connectivity index (χ2v) is 4.91. The van der Waals surface area contributed by atoms with E-state index in [2.05, 4.69) is 27.9 Å². The third kappa shape index (κ3) is 3.04. The predicted molar refractivity (Wildman–Crippen MR) is 79.8 cm³/mol. The van der Waals surface area contributed by atoms with E-state index in [0.29, 0.717) is 11.4 Å². The number of anilines is 3. The van der Waals surface area contributed by atoms with Gasteiger partial charge >= 0.3 is 0 Å². The molecule has 0 bridgehead atoms. The van der Waals surface area contributed by atoms with Crippen molar-refractivity contribution in [2.24, 2.45) is 0 Å². The minimum Gasteiger partial charge on any atom is -0.497 e. The molecule has 0 fully saturated rings. The molecule has 0 spiro atoms. The molecule has 0 saturated heterocycles. The second kappa shape index (κ2) is 5.43. The molecule has 0 aliphatic carbocycles.